The van der Waals surface area contributed by atoms with Crippen LogP contribution >= 0.6 is 39.9 Å². The van der Waals surface area contributed by atoms with Crippen LogP contribution in [0, 0.1) is 0 Å². The molecule has 0 spiro atoms. The van der Waals surface area contributed by atoms with Gasteiger partial charge in [-0.05, 0) is 47.0 Å². The number of phenols is 1. The van der Waals surface area contributed by atoms with Crippen LogP contribution in [0.25, 0.3) is 0 Å². The maximum absolute atomic E-state index is 9.35. The predicted octanol–water partition coefficient (Wildman–Crippen LogP) is 2.98. The summed E-state index contributed by atoms with van der Waals surface area (Å²) in [5.74, 6) is 0.673. The maximum atomic E-state index is 9.35. The Morgan fingerprint density at radius 2 is 2.22 bits per heavy atom. The number of hydrogen-bond donors (Lipinski definition) is 3. The summed E-state index contributed by atoms with van der Waals surface area (Å²) in [4.78, 5) is 4.23. The average Bonchev–Trinajstić information content (AvgIpc) is 2.30. The summed E-state index contributed by atoms with van der Waals surface area (Å²) >= 11 is 3.26. The van der Waals surface area contributed by atoms with Crippen LogP contribution in [0.5, 0.6) is 5.75 Å². The molecule has 1 aromatic rings. The number of nitrogens with one attached hydrogen (secondary N) is 1. The normalized spacial score (nSPS) is 12.7. The van der Waals surface area contributed by atoms with Gasteiger partial charge in [-0.25, -0.2) is 4.99 Å². The van der Waals surface area contributed by atoms with Gasteiger partial charge in [0.05, 0.1) is 11.0 Å². The highest BCUT2D eigenvalue weighted by Crippen LogP contribution is 2.24. The highest BCUT2D eigenvalue weighted by Gasteiger charge is 2.01. The molecule has 0 aliphatic carbocycles. The van der Waals surface area contributed by atoms with E-state index >= 15 is 0 Å². The number of nitrogens with two attached hydrogens (primary N) is 1. The Hall–Kier alpha value is -0.500. The number of rotatable bonds is 4. The molecule has 0 bridgehead atoms. The zero-order chi connectivity index (χ0) is 12.8. The molecule has 1 atom stereocenters. The van der Waals surface area contributed by atoms with Crippen molar-refractivity contribution in [2.45, 2.75) is 32.9 Å². The van der Waals surface area contributed by atoms with E-state index in [2.05, 4.69) is 40.1 Å². The summed E-state index contributed by atoms with van der Waals surface area (Å²) in [6.07, 6.45) is 1.00. The fraction of sp³-hybridized carbons (Fsp3) is 0.417. The van der Waals surface area contributed by atoms with Crippen molar-refractivity contribution >= 4 is 45.9 Å². The second-order valence-corrected chi connectivity index (χ2v) is 4.80. The van der Waals surface area contributed by atoms with Crippen molar-refractivity contribution in [1.82, 2.24) is 5.32 Å². The second kappa shape index (κ2) is 8.58. The lowest BCUT2D eigenvalue weighted by Gasteiger charge is -2.11. The predicted molar refractivity (Wildman–Crippen MR) is 89.4 cm³/mol. The minimum absolute atomic E-state index is 0. The van der Waals surface area contributed by atoms with E-state index in [1.54, 1.807) is 6.07 Å². The van der Waals surface area contributed by atoms with Crippen LogP contribution in [-0.2, 0) is 6.54 Å². The first-order valence-corrected chi connectivity index (χ1v) is 6.36. The number of hydrogen-bond acceptors (Lipinski definition) is 2. The standard InChI is InChI=1S/C12H18BrN3O.HI/c1-3-8(2)16-12(14)15-7-9-4-5-11(17)10(13)6-9;/h4-6,8,17H,3,7H2,1-2H3,(H3,14,15,16);1H. The largest absolute Gasteiger partial charge is 0.507 e. The molecule has 4 nitrogen and oxygen atoms in total. The van der Waals surface area contributed by atoms with Crippen LogP contribution in [0.2, 0.25) is 0 Å². The van der Waals surface area contributed by atoms with Gasteiger partial charge in [0, 0.05) is 6.04 Å². The van der Waals surface area contributed by atoms with Gasteiger partial charge in [-0.1, -0.05) is 13.0 Å². The summed E-state index contributed by atoms with van der Waals surface area (Å²) < 4.78 is 0.665. The maximum Gasteiger partial charge on any atom is 0.189 e. The fourth-order valence-corrected chi connectivity index (χ4v) is 1.65. The van der Waals surface area contributed by atoms with Gasteiger partial charge in [-0.15, -0.1) is 24.0 Å². The van der Waals surface area contributed by atoms with E-state index in [1.165, 1.54) is 0 Å². The quantitative estimate of drug-likeness (QED) is 0.393. The lowest BCUT2D eigenvalue weighted by molar-refractivity contribution is 0.471. The minimum atomic E-state index is 0. The molecule has 4 N–H and O–H groups in total. The number of guanidine groups is 1. The van der Waals surface area contributed by atoms with E-state index in [0.717, 1.165) is 12.0 Å². The molecule has 6 heteroatoms. The summed E-state index contributed by atoms with van der Waals surface area (Å²) in [5.41, 5.74) is 6.73. The van der Waals surface area contributed by atoms with Crippen LogP contribution in [0.15, 0.2) is 27.7 Å². The molecule has 1 unspecified atom stereocenters. The van der Waals surface area contributed by atoms with E-state index < -0.39 is 0 Å². The molecular formula is C12H19BrIN3O. The van der Waals surface area contributed by atoms with Crippen molar-refractivity contribution in [3.8, 4) is 5.75 Å². The second-order valence-electron chi connectivity index (χ2n) is 3.94. The lowest BCUT2D eigenvalue weighted by Crippen LogP contribution is -2.38. The molecule has 0 aliphatic heterocycles. The molecule has 0 radical (unpaired) electrons. The highest BCUT2D eigenvalue weighted by atomic mass is 127. The molecule has 0 aromatic heterocycles. The van der Waals surface area contributed by atoms with Gasteiger partial charge >= 0.3 is 0 Å². The van der Waals surface area contributed by atoms with E-state index in [4.69, 9.17) is 5.73 Å². The smallest absolute Gasteiger partial charge is 0.189 e. The summed E-state index contributed by atoms with van der Waals surface area (Å²) in [5, 5.41) is 12.4. The van der Waals surface area contributed by atoms with Crippen molar-refractivity contribution in [3.05, 3.63) is 28.2 Å². The van der Waals surface area contributed by atoms with Crippen LogP contribution in [0.1, 0.15) is 25.8 Å². The van der Waals surface area contributed by atoms with Gasteiger partial charge in [0.15, 0.2) is 5.96 Å². The first kappa shape index (κ1) is 17.5. The van der Waals surface area contributed by atoms with Gasteiger partial charge in [-0.2, -0.15) is 0 Å². The molecule has 1 aromatic carbocycles. The summed E-state index contributed by atoms with van der Waals surface area (Å²) in [7, 11) is 0. The number of phenolic OH excluding ortho intramolecular Hbond substituents is 1. The molecule has 0 fully saturated rings. The topological polar surface area (TPSA) is 70.6 Å². The van der Waals surface area contributed by atoms with Crippen molar-refractivity contribution in [1.29, 1.82) is 0 Å². The third kappa shape index (κ3) is 5.90. The Labute approximate surface area is 133 Å². The molecule has 0 aliphatic rings. The van der Waals surface area contributed by atoms with E-state index in [1.807, 2.05) is 12.1 Å². The first-order valence-electron chi connectivity index (χ1n) is 5.56. The number of benzene rings is 1. The zero-order valence-electron chi connectivity index (χ0n) is 10.5. The first-order chi connectivity index (χ1) is 8.02. The number of aromatic hydroxyl groups is 1. The van der Waals surface area contributed by atoms with E-state index in [-0.39, 0.29) is 29.7 Å². The third-order valence-corrected chi connectivity index (χ3v) is 3.09. The molecule has 0 heterocycles. The molecule has 0 saturated carbocycles. The summed E-state index contributed by atoms with van der Waals surface area (Å²) in [6, 6.07) is 5.60. The van der Waals surface area contributed by atoms with Crippen molar-refractivity contribution in [2.75, 3.05) is 0 Å². The molecule has 102 valence electrons. The fourth-order valence-electron chi connectivity index (χ4n) is 1.23. The Morgan fingerprint density at radius 3 is 2.78 bits per heavy atom. The molecule has 0 saturated heterocycles. The minimum Gasteiger partial charge on any atom is -0.507 e. The molecule has 1 rings (SSSR count). The van der Waals surface area contributed by atoms with Crippen LogP contribution in [0.3, 0.4) is 0 Å². The Morgan fingerprint density at radius 1 is 1.56 bits per heavy atom. The summed E-state index contributed by atoms with van der Waals surface area (Å²) in [6.45, 7) is 4.63. The van der Waals surface area contributed by atoms with Gasteiger partial charge in [0.2, 0.25) is 0 Å². The lowest BCUT2D eigenvalue weighted by atomic mass is 10.2. The SMILES string of the molecule is CCC(C)NC(N)=NCc1ccc(O)c(Br)c1.I. The van der Waals surface area contributed by atoms with Gasteiger partial charge < -0.3 is 16.2 Å². The van der Waals surface area contributed by atoms with Crippen molar-refractivity contribution < 1.29 is 5.11 Å². The highest BCUT2D eigenvalue weighted by molar-refractivity contribution is 14.0. The zero-order valence-corrected chi connectivity index (χ0v) is 14.4. The van der Waals surface area contributed by atoms with Gasteiger partial charge in [-0.3, -0.25) is 0 Å². The Kier molecular flexibility index (Phi) is 8.34. The van der Waals surface area contributed by atoms with E-state index in [0.29, 0.717) is 23.0 Å². The van der Waals surface area contributed by atoms with Crippen LogP contribution < -0.4 is 11.1 Å². The van der Waals surface area contributed by atoms with Crippen molar-refractivity contribution in [3.63, 3.8) is 0 Å². The Bertz CT molecular complexity index is 412. The van der Waals surface area contributed by atoms with Gasteiger partial charge in [0.1, 0.15) is 5.75 Å². The Balaban J connectivity index is 0.00000289. The van der Waals surface area contributed by atoms with Crippen LogP contribution in [-0.4, -0.2) is 17.1 Å². The number of aliphatic imine (C=N–C) groups is 1. The number of nitrogens with zero attached hydrogens (tertiary/aromatic N) is 1. The average molecular weight is 428 g/mol. The third-order valence-electron chi connectivity index (χ3n) is 2.45. The van der Waals surface area contributed by atoms with Gasteiger partial charge in [0.25, 0.3) is 0 Å². The monoisotopic (exact) mass is 427 g/mol. The molecular weight excluding hydrogens is 409 g/mol. The van der Waals surface area contributed by atoms with E-state index in [9.17, 15) is 5.11 Å². The molecule has 18 heavy (non-hydrogen) atoms. The number of halogens is 2. The van der Waals surface area contributed by atoms with Crippen LogP contribution in [0.4, 0.5) is 0 Å². The van der Waals surface area contributed by atoms with Crippen molar-refractivity contribution in [2.24, 2.45) is 10.7 Å². The molecule has 0 amide bonds.